The van der Waals surface area contributed by atoms with Crippen molar-refractivity contribution in [3.63, 3.8) is 0 Å². The number of hydrogen-bond acceptors (Lipinski definition) is 5. The Morgan fingerprint density at radius 2 is 2.17 bits per heavy atom. The van der Waals surface area contributed by atoms with E-state index in [1.165, 1.54) is 0 Å². The normalized spacial score (nSPS) is 10.8. The molecule has 0 aliphatic rings. The van der Waals surface area contributed by atoms with Gasteiger partial charge in [0.1, 0.15) is 5.75 Å². The second-order valence-corrected chi connectivity index (χ2v) is 5.36. The number of rotatable bonds is 8. The molecule has 0 saturated carbocycles. The third-order valence-corrected chi connectivity index (χ3v) is 3.13. The Balaban J connectivity index is 1.88. The quantitative estimate of drug-likeness (QED) is 0.757. The maximum atomic E-state index is 11.8. The van der Waals surface area contributed by atoms with Crippen LogP contribution in [0.15, 0.2) is 34.9 Å². The fourth-order valence-corrected chi connectivity index (χ4v) is 2.02. The topological polar surface area (TPSA) is 73.6 Å². The monoisotopic (exact) mass is 318 g/mol. The molecule has 1 N–H and O–H groups in total. The van der Waals surface area contributed by atoms with Crippen LogP contribution in [0.25, 0.3) is 11.3 Å². The van der Waals surface area contributed by atoms with Gasteiger partial charge in [-0.3, -0.25) is 4.79 Å². The lowest BCUT2D eigenvalue weighted by Crippen LogP contribution is -2.29. The maximum Gasteiger partial charge on any atom is 0.226 e. The van der Waals surface area contributed by atoms with Crippen LogP contribution in [-0.4, -0.2) is 37.4 Å². The molecule has 6 heteroatoms. The zero-order valence-corrected chi connectivity index (χ0v) is 13.7. The van der Waals surface area contributed by atoms with E-state index in [0.29, 0.717) is 24.6 Å². The number of nitrogens with one attached hydrogen (secondary N) is 1. The van der Waals surface area contributed by atoms with Crippen LogP contribution in [0.2, 0.25) is 0 Å². The molecule has 0 saturated heterocycles. The van der Waals surface area contributed by atoms with E-state index in [2.05, 4.69) is 10.5 Å². The van der Waals surface area contributed by atoms with Gasteiger partial charge in [0.2, 0.25) is 5.91 Å². The van der Waals surface area contributed by atoms with Crippen LogP contribution in [0.1, 0.15) is 19.5 Å². The second-order valence-electron chi connectivity index (χ2n) is 5.36. The largest absolute Gasteiger partial charge is 0.497 e. The van der Waals surface area contributed by atoms with Gasteiger partial charge in [0.15, 0.2) is 5.76 Å². The average molecular weight is 318 g/mol. The summed E-state index contributed by atoms with van der Waals surface area (Å²) in [6, 6.07) is 9.24. The lowest BCUT2D eigenvalue weighted by molar-refractivity contribution is -0.120. The summed E-state index contributed by atoms with van der Waals surface area (Å²) in [5.74, 6) is 1.24. The highest BCUT2D eigenvalue weighted by molar-refractivity contribution is 5.78. The molecule has 1 heterocycles. The van der Waals surface area contributed by atoms with Crippen LogP contribution in [0, 0.1) is 0 Å². The predicted molar refractivity (Wildman–Crippen MR) is 86.3 cm³/mol. The molecule has 0 aliphatic carbocycles. The van der Waals surface area contributed by atoms with Crippen LogP contribution in [0.5, 0.6) is 5.75 Å². The minimum Gasteiger partial charge on any atom is -0.497 e. The SMILES string of the molecule is COc1cccc(-c2cc(CC(=O)NCCOC(C)C)no2)c1. The predicted octanol–water partition coefficient (Wildman–Crippen LogP) is 2.43. The summed E-state index contributed by atoms with van der Waals surface area (Å²) in [5.41, 5.74) is 1.44. The molecule has 0 unspecified atom stereocenters. The van der Waals surface area contributed by atoms with Crippen molar-refractivity contribution in [1.82, 2.24) is 10.5 Å². The van der Waals surface area contributed by atoms with Gasteiger partial charge in [-0.1, -0.05) is 17.3 Å². The first-order chi connectivity index (χ1) is 11.1. The Hall–Kier alpha value is -2.34. The summed E-state index contributed by atoms with van der Waals surface area (Å²) in [6.45, 7) is 4.89. The number of aromatic nitrogens is 1. The number of methoxy groups -OCH3 is 1. The zero-order valence-electron chi connectivity index (χ0n) is 13.7. The van der Waals surface area contributed by atoms with Gasteiger partial charge in [-0.15, -0.1) is 0 Å². The smallest absolute Gasteiger partial charge is 0.226 e. The molecule has 0 fully saturated rings. The van der Waals surface area contributed by atoms with Crippen LogP contribution in [0.3, 0.4) is 0 Å². The van der Waals surface area contributed by atoms with Gasteiger partial charge in [-0.05, 0) is 26.0 Å². The summed E-state index contributed by atoms with van der Waals surface area (Å²) in [7, 11) is 1.61. The van der Waals surface area contributed by atoms with Crippen molar-refractivity contribution >= 4 is 5.91 Å². The molecule has 1 aromatic carbocycles. The van der Waals surface area contributed by atoms with Crippen molar-refractivity contribution in [3.8, 4) is 17.1 Å². The van der Waals surface area contributed by atoms with E-state index < -0.39 is 0 Å². The molecular weight excluding hydrogens is 296 g/mol. The van der Waals surface area contributed by atoms with E-state index in [4.69, 9.17) is 14.0 Å². The van der Waals surface area contributed by atoms with Crippen LogP contribution in [0.4, 0.5) is 0 Å². The number of carbonyl (C=O) groups excluding carboxylic acids is 1. The van der Waals surface area contributed by atoms with Gasteiger partial charge in [0, 0.05) is 18.2 Å². The molecule has 0 bridgehead atoms. The summed E-state index contributed by atoms with van der Waals surface area (Å²) >= 11 is 0. The highest BCUT2D eigenvalue weighted by Crippen LogP contribution is 2.24. The van der Waals surface area contributed by atoms with Crippen molar-refractivity contribution in [2.75, 3.05) is 20.3 Å². The fraction of sp³-hybridized carbons (Fsp3) is 0.412. The third kappa shape index (κ3) is 5.41. The summed E-state index contributed by atoms with van der Waals surface area (Å²) in [4.78, 5) is 11.8. The van der Waals surface area contributed by atoms with Gasteiger partial charge in [0.05, 0.1) is 31.9 Å². The molecule has 0 aliphatic heterocycles. The Morgan fingerprint density at radius 1 is 1.35 bits per heavy atom. The Bertz CT molecular complexity index is 637. The van der Waals surface area contributed by atoms with Crippen molar-refractivity contribution in [2.24, 2.45) is 0 Å². The summed E-state index contributed by atoms with van der Waals surface area (Å²) in [5, 5.41) is 6.72. The molecule has 124 valence electrons. The van der Waals surface area contributed by atoms with E-state index in [1.807, 2.05) is 38.1 Å². The highest BCUT2D eigenvalue weighted by atomic mass is 16.5. The van der Waals surface area contributed by atoms with Crippen LogP contribution in [-0.2, 0) is 16.0 Å². The summed E-state index contributed by atoms with van der Waals surface area (Å²) < 4.78 is 15.8. The van der Waals surface area contributed by atoms with Gasteiger partial charge in [0.25, 0.3) is 0 Å². The van der Waals surface area contributed by atoms with Gasteiger partial charge in [-0.2, -0.15) is 0 Å². The second kappa shape index (κ2) is 8.33. The number of nitrogens with zero attached hydrogens (tertiary/aromatic N) is 1. The molecule has 1 aromatic heterocycles. The van der Waals surface area contributed by atoms with E-state index in [1.54, 1.807) is 13.2 Å². The molecule has 23 heavy (non-hydrogen) atoms. The molecular formula is C17H22N2O4. The lowest BCUT2D eigenvalue weighted by Gasteiger charge is -2.07. The van der Waals surface area contributed by atoms with Crippen molar-refractivity contribution in [1.29, 1.82) is 0 Å². The van der Waals surface area contributed by atoms with E-state index in [-0.39, 0.29) is 18.4 Å². The first kappa shape index (κ1) is 17.0. The molecule has 0 spiro atoms. The van der Waals surface area contributed by atoms with Gasteiger partial charge in [-0.25, -0.2) is 0 Å². The first-order valence-corrected chi connectivity index (χ1v) is 7.57. The molecule has 0 atom stereocenters. The highest BCUT2D eigenvalue weighted by Gasteiger charge is 2.11. The standard InChI is InChI=1S/C17H22N2O4/c1-12(2)22-8-7-18-17(20)11-14-10-16(23-19-14)13-5-4-6-15(9-13)21-3/h4-6,9-10,12H,7-8,11H2,1-3H3,(H,18,20). The Kier molecular flexibility index (Phi) is 6.17. The van der Waals surface area contributed by atoms with E-state index >= 15 is 0 Å². The average Bonchev–Trinajstić information content (AvgIpc) is 3.00. The molecule has 6 nitrogen and oxygen atoms in total. The fourth-order valence-electron chi connectivity index (χ4n) is 2.02. The van der Waals surface area contributed by atoms with Crippen molar-refractivity contribution in [3.05, 3.63) is 36.0 Å². The molecule has 2 rings (SSSR count). The number of amides is 1. The minimum atomic E-state index is -0.108. The number of carbonyl (C=O) groups is 1. The zero-order chi connectivity index (χ0) is 16.7. The van der Waals surface area contributed by atoms with Gasteiger partial charge >= 0.3 is 0 Å². The lowest BCUT2D eigenvalue weighted by atomic mass is 10.1. The molecule has 2 aromatic rings. The van der Waals surface area contributed by atoms with Gasteiger partial charge < -0.3 is 19.3 Å². The molecule has 1 amide bonds. The van der Waals surface area contributed by atoms with Crippen LogP contribution >= 0.6 is 0 Å². The van der Waals surface area contributed by atoms with Crippen molar-refractivity contribution < 1.29 is 18.8 Å². The van der Waals surface area contributed by atoms with E-state index in [9.17, 15) is 4.79 Å². The van der Waals surface area contributed by atoms with Crippen molar-refractivity contribution in [2.45, 2.75) is 26.4 Å². The number of benzene rings is 1. The van der Waals surface area contributed by atoms with Crippen LogP contribution < -0.4 is 10.1 Å². The number of ether oxygens (including phenoxy) is 2. The van der Waals surface area contributed by atoms with E-state index in [0.717, 1.165) is 11.3 Å². The minimum absolute atomic E-state index is 0.108. The number of hydrogen-bond donors (Lipinski definition) is 1. The maximum absolute atomic E-state index is 11.8. The third-order valence-electron chi connectivity index (χ3n) is 3.13. The summed E-state index contributed by atoms with van der Waals surface area (Å²) in [6.07, 6.45) is 0.336. The Labute approximate surface area is 135 Å². The first-order valence-electron chi connectivity index (χ1n) is 7.57. The molecule has 0 radical (unpaired) electrons. The Morgan fingerprint density at radius 3 is 2.91 bits per heavy atom.